The second-order valence-electron chi connectivity index (χ2n) is 4.50. The van der Waals surface area contributed by atoms with E-state index in [1.54, 1.807) is 16.9 Å². The average Bonchev–Trinajstić information content (AvgIpc) is 2.83. The van der Waals surface area contributed by atoms with Crippen molar-refractivity contribution in [2.45, 2.75) is 6.54 Å². The molecule has 0 aliphatic heterocycles. The van der Waals surface area contributed by atoms with Crippen LogP contribution >= 0.6 is 11.6 Å². The molecule has 1 heterocycles. The molecule has 1 aromatic heterocycles. The number of halogens is 1. The highest BCUT2D eigenvalue weighted by atomic mass is 35.5. The van der Waals surface area contributed by atoms with Crippen LogP contribution in [-0.2, 0) is 13.6 Å². The molecular formula is C13H16ClN5O. The molecule has 106 valence electrons. The quantitative estimate of drug-likeness (QED) is 0.390. The van der Waals surface area contributed by atoms with Gasteiger partial charge in [0.25, 0.3) is 0 Å². The summed E-state index contributed by atoms with van der Waals surface area (Å²) in [5.41, 5.74) is 8.06. The zero-order valence-corrected chi connectivity index (χ0v) is 12.0. The van der Waals surface area contributed by atoms with Crippen LogP contribution in [0.2, 0.25) is 5.02 Å². The number of nitrogens with zero attached hydrogens (tertiary/aromatic N) is 4. The summed E-state index contributed by atoms with van der Waals surface area (Å²) in [7, 11) is 3.78. The van der Waals surface area contributed by atoms with Crippen LogP contribution in [0.3, 0.4) is 0 Å². The van der Waals surface area contributed by atoms with Gasteiger partial charge in [0.05, 0.1) is 16.8 Å². The van der Waals surface area contributed by atoms with Crippen molar-refractivity contribution in [1.29, 1.82) is 0 Å². The van der Waals surface area contributed by atoms with Crippen LogP contribution < -0.4 is 10.6 Å². The lowest BCUT2D eigenvalue weighted by Crippen LogP contribution is -2.22. The predicted molar refractivity (Wildman–Crippen MR) is 79.3 cm³/mol. The maximum atomic E-state index is 8.88. The van der Waals surface area contributed by atoms with Crippen molar-refractivity contribution in [3.63, 3.8) is 0 Å². The number of anilines is 1. The van der Waals surface area contributed by atoms with E-state index in [1.807, 2.05) is 37.3 Å². The van der Waals surface area contributed by atoms with Crippen LogP contribution in [-0.4, -0.2) is 27.9 Å². The summed E-state index contributed by atoms with van der Waals surface area (Å²) in [5, 5.41) is 16.5. The Morgan fingerprint density at radius 3 is 2.90 bits per heavy atom. The van der Waals surface area contributed by atoms with Gasteiger partial charge in [-0.05, 0) is 12.1 Å². The average molecular weight is 294 g/mol. The molecule has 0 saturated carbocycles. The first kappa shape index (κ1) is 14.2. The van der Waals surface area contributed by atoms with Gasteiger partial charge in [-0.15, -0.1) is 0 Å². The van der Waals surface area contributed by atoms with Crippen molar-refractivity contribution in [2.75, 3.05) is 11.9 Å². The number of hydrogen-bond donors (Lipinski definition) is 2. The van der Waals surface area contributed by atoms with Gasteiger partial charge in [-0.1, -0.05) is 22.8 Å². The molecule has 3 N–H and O–H groups in total. The van der Waals surface area contributed by atoms with Gasteiger partial charge in [0.1, 0.15) is 0 Å². The summed E-state index contributed by atoms with van der Waals surface area (Å²) in [6.45, 7) is 0.639. The number of aryl methyl sites for hydroxylation is 1. The van der Waals surface area contributed by atoms with Crippen LogP contribution in [0.5, 0.6) is 0 Å². The van der Waals surface area contributed by atoms with Gasteiger partial charge in [-0.25, -0.2) is 0 Å². The van der Waals surface area contributed by atoms with Crippen LogP contribution in [0, 0.1) is 0 Å². The van der Waals surface area contributed by atoms with E-state index in [4.69, 9.17) is 22.5 Å². The molecule has 1 aromatic carbocycles. The minimum Gasteiger partial charge on any atom is -0.409 e. The van der Waals surface area contributed by atoms with Crippen molar-refractivity contribution in [3.8, 4) is 0 Å². The van der Waals surface area contributed by atoms with E-state index in [-0.39, 0.29) is 5.84 Å². The first-order valence-corrected chi connectivity index (χ1v) is 6.35. The van der Waals surface area contributed by atoms with E-state index in [9.17, 15) is 0 Å². The highest BCUT2D eigenvalue weighted by molar-refractivity contribution is 6.34. The van der Waals surface area contributed by atoms with Crippen molar-refractivity contribution < 1.29 is 5.21 Å². The number of oxime groups is 1. The summed E-state index contributed by atoms with van der Waals surface area (Å²) in [6.07, 6.45) is 3.73. The van der Waals surface area contributed by atoms with Gasteiger partial charge >= 0.3 is 0 Å². The second-order valence-corrected chi connectivity index (χ2v) is 4.90. The number of nitrogens with two attached hydrogens (primary N) is 1. The Bertz CT molecular complexity index is 637. The summed E-state index contributed by atoms with van der Waals surface area (Å²) >= 11 is 6.14. The molecule has 0 radical (unpaired) electrons. The summed E-state index contributed by atoms with van der Waals surface area (Å²) in [4.78, 5) is 1.97. The van der Waals surface area contributed by atoms with Gasteiger partial charge < -0.3 is 15.8 Å². The maximum Gasteiger partial charge on any atom is 0.173 e. The molecule has 2 aromatic rings. The SMILES string of the molecule is CN(Cc1cnn(C)c1)c1cccc(Cl)c1C(N)=NO. The minimum absolute atomic E-state index is 0.0105. The fourth-order valence-electron chi connectivity index (χ4n) is 2.05. The molecule has 7 heteroatoms. The maximum absolute atomic E-state index is 8.88. The minimum atomic E-state index is -0.0105. The van der Waals surface area contributed by atoms with Crippen LogP contribution in [0.1, 0.15) is 11.1 Å². The van der Waals surface area contributed by atoms with Crippen LogP contribution in [0.15, 0.2) is 35.7 Å². The molecule has 0 aliphatic carbocycles. The van der Waals surface area contributed by atoms with E-state index in [1.165, 1.54) is 0 Å². The molecule has 0 atom stereocenters. The molecule has 0 aliphatic rings. The Balaban J connectivity index is 2.34. The molecule has 6 nitrogen and oxygen atoms in total. The standard InChI is InChI=1S/C13H16ClN5O/c1-18(7-9-6-16-19(2)8-9)11-5-3-4-10(14)12(11)13(15)17-20/h3-6,8,20H,7H2,1-2H3,(H2,15,17). The van der Waals surface area contributed by atoms with E-state index in [2.05, 4.69) is 10.3 Å². The van der Waals surface area contributed by atoms with E-state index in [0.29, 0.717) is 17.1 Å². The zero-order chi connectivity index (χ0) is 14.7. The number of amidine groups is 1. The Kier molecular flexibility index (Phi) is 4.14. The Morgan fingerprint density at radius 1 is 1.55 bits per heavy atom. The van der Waals surface area contributed by atoms with Gasteiger partial charge in [0.2, 0.25) is 0 Å². The molecule has 0 bridgehead atoms. The number of benzene rings is 1. The third-order valence-corrected chi connectivity index (χ3v) is 3.26. The number of rotatable bonds is 4. The van der Waals surface area contributed by atoms with Crippen LogP contribution in [0.25, 0.3) is 0 Å². The topological polar surface area (TPSA) is 79.7 Å². The van der Waals surface area contributed by atoms with E-state index in [0.717, 1.165) is 11.3 Å². The smallest absolute Gasteiger partial charge is 0.173 e. The molecule has 0 unspecified atom stereocenters. The van der Waals surface area contributed by atoms with Gasteiger partial charge in [-0.2, -0.15) is 5.10 Å². The third kappa shape index (κ3) is 2.85. The lowest BCUT2D eigenvalue weighted by molar-refractivity contribution is 0.318. The second kappa shape index (κ2) is 5.83. The normalized spacial score (nSPS) is 11.7. The van der Waals surface area contributed by atoms with Gasteiger partial charge in [0.15, 0.2) is 5.84 Å². The molecule has 0 saturated heterocycles. The summed E-state index contributed by atoms with van der Waals surface area (Å²) < 4.78 is 1.74. The van der Waals surface area contributed by atoms with Crippen molar-refractivity contribution >= 4 is 23.1 Å². The van der Waals surface area contributed by atoms with Crippen molar-refractivity contribution in [1.82, 2.24) is 9.78 Å². The summed E-state index contributed by atoms with van der Waals surface area (Å²) in [6, 6.07) is 5.40. The lowest BCUT2D eigenvalue weighted by atomic mass is 10.1. The van der Waals surface area contributed by atoms with Crippen LogP contribution in [0.4, 0.5) is 5.69 Å². The predicted octanol–water partition coefficient (Wildman–Crippen LogP) is 1.80. The number of hydrogen-bond acceptors (Lipinski definition) is 4. The van der Waals surface area contributed by atoms with Gasteiger partial charge in [0, 0.05) is 38.1 Å². The highest BCUT2D eigenvalue weighted by Gasteiger charge is 2.15. The van der Waals surface area contributed by atoms with Gasteiger partial charge in [-0.3, -0.25) is 4.68 Å². The monoisotopic (exact) mass is 293 g/mol. The molecule has 0 fully saturated rings. The first-order chi connectivity index (χ1) is 9.52. The van der Waals surface area contributed by atoms with E-state index < -0.39 is 0 Å². The number of aromatic nitrogens is 2. The lowest BCUT2D eigenvalue weighted by Gasteiger charge is -2.22. The Hall–Kier alpha value is -2.21. The molecule has 0 amide bonds. The fraction of sp³-hybridized carbons (Fsp3) is 0.231. The molecule has 2 rings (SSSR count). The summed E-state index contributed by atoms with van der Waals surface area (Å²) in [5.74, 6) is -0.0105. The Morgan fingerprint density at radius 2 is 2.30 bits per heavy atom. The third-order valence-electron chi connectivity index (χ3n) is 2.94. The van der Waals surface area contributed by atoms with Crippen molar-refractivity contribution in [2.24, 2.45) is 17.9 Å². The zero-order valence-electron chi connectivity index (χ0n) is 11.3. The molecular weight excluding hydrogens is 278 g/mol. The molecule has 0 spiro atoms. The fourth-order valence-corrected chi connectivity index (χ4v) is 2.31. The highest BCUT2D eigenvalue weighted by Crippen LogP contribution is 2.27. The molecule has 20 heavy (non-hydrogen) atoms. The first-order valence-electron chi connectivity index (χ1n) is 5.98. The largest absolute Gasteiger partial charge is 0.409 e. The van der Waals surface area contributed by atoms with E-state index >= 15 is 0 Å². The van der Waals surface area contributed by atoms with Crippen molar-refractivity contribution in [3.05, 3.63) is 46.7 Å². The Labute approximate surface area is 122 Å².